The van der Waals surface area contributed by atoms with E-state index in [1.165, 1.54) is 0 Å². The van der Waals surface area contributed by atoms with E-state index in [1.54, 1.807) is 6.92 Å². The smallest absolute Gasteiger partial charge is 0.355 e. The first-order valence-electron chi connectivity index (χ1n) is 8.84. The highest BCUT2D eigenvalue weighted by atomic mass is 16.5. The molecule has 0 saturated heterocycles. The number of hydrogen-bond donors (Lipinski definition) is 2. The van der Waals surface area contributed by atoms with Crippen LogP contribution in [0, 0.1) is 13.8 Å². The van der Waals surface area contributed by atoms with Gasteiger partial charge in [-0.1, -0.05) is 12.1 Å². The van der Waals surface area contributed by atoms with Gasteiger partial charge in [-0.25, -0.2) is 4.79 Å². The van der Waals surface area contributed by atoms with E-state index in [1.807, 2.05) is 45.0 Å². The largest absolute Gasteiger partial charge is 0.492 e. The number of rotatable bonds is 8. The summed E-state index contributed by atoms with van der Waals surface area (Å²) >= 11 is 0. The Kier molecular flexibility index (Phi) is 6.83. The lowest BCUT2D eigenvalue weighted by Gasteiger charge is -2.11. The molecule has 0 saturated carbocycles. The quantitative estimate of drug-likeness (QED) is 0.704. The number of aromatic nitrogens is 1. The van der Waals surface area contributed by atoms with E-state index in [9.17, 15) is 9.59 Å². The predicted molar refractivity (Wildman–Crippen MR) is 101 cm³/mol. The van der Waals surface area contributed by atoms with Gasteiger partial charge in [0.25, 0.3) is 0 Å². The van der Waals surface area contributed by atoms with Crippen LogP contribution >= 0.6 is 0 Å². The average Bonchev–Trinajstić information content (AvgIpc) is 2.89. The highest BCUT2D eigenvalue weighted by Crippen LogP contribution is 2.25. The van der Waals surface area contributed by atoms with Gasteiger partial charge < -0.3 is 19.8 Å². The van der Waals surface area contributed by atoms with Gasteiger partial charge in [-0.15, -0.1) is 0 Å². The molecule has 0 bridgehead atoms. The summed E-state index contributed by atoms with van der Waals surface area (Å²) < 4.78 is 10.6. The summed E-state index contributed by atoms with van der Waals surface area (Å²) in [5, 5.41) is 2.89. The van der Waals surface area contributed by atoms with Gasteiger partial charge in [0, 0.05) is 12.1 Å². The third-order valence-electron chi connectivity index (χ3n) is 4.14. The molecule has 1 amide bonds. The third-order valence-corrected chi connectivity index (χ3v) is 4.14. The molecule has 2 aromatic rings. The number of benzene rings is 1. The Morgan fingerprint density at radius 2 is 1.85 bits per heavy atom. The molecular weight excluding hydrogens is 332 g/mol. The lowest BCUT2D eigenvalue weighted by Crippen LogP contribution is -2.13. The Morgan fingerprint density at radius 1 is 1.12 bits per heavy atom. The molecule has 0 aliphatic heterocycles. The van der Waals surface area contributed by atoms with Crippen molar-refractivity contribution < 1.29 is 19.1 Å². The highest BCUT2D eigenvalue weighted by Gasteiger charge is 2.19. The van der Waals surface area contributed by atoms with Gasteiger partial charge in [-0.3, -0.25) is 4.79 Å². The zero-order chi connectivity index (χ0) is 19.1. The zero-order valence-electron chi connectivity index (χ0n) is 15.8. The van der Waals surface area contributed by atoms with Crippen LogP contribution in [-0.4, -0.2) is 30.1 Å². The van der Waals surface area contributed by atoms with Crippen LogP contribution in [0.4, 0.5) is 5.69 Å². The zero-order valence-corrected chi connectivity index (χ0v) is 15.8. The Labute approximate surface area is 153 Å². The number of anilines is 1. The molecule has 0 unspecified atom stereocenters. The molecule has 2 N–H and O–H groups in total. The average molecular weight is 358 g/mol. The maximum absolute atomic E-state index is 12.3. The molecule has 0 spiro atoms. The molecule has 6 heteroatoms. The van der Waals surface area contributed by atoms with Crippen LogP contribution in [0.3, 0.4) is 0 Å². The maximum atomic E-state index is 12.3. The lowest BCUT2D eigenvalue weighted by atomic mass is 10.0. The van der Waals surface area contributed by atoms with Gasteiger partial charge in [0.15, 0.2) is 0 Å². The maximum Gasteiger partial charge on any atom is 0.355 e. The topological polar surface area (TPSA) is 80.4 Å². The van der Waals surface area contributed by atoms with Crippen molar-refractivity contribution in [3.8, 4) is 5.75 Å². The molecule has 140 valence electrons. The molecule has 0 atom stereocenters. The molecule has 1 aromatic carbocycles. The fourth-order valence-corrected chi connectivity index (χ4v) is 2.87. The number of nitrogens with one attached hydrogen (secondary N) is 2. The minimum absolute atomic E-state index is 0.102. The standard InChI is InChI=1S/C20H26N2O4/c1-5-25-17-10-8-7-9-16(17)22-18(23)12-11-15-13(3)19(21-14(15)4)20(24)26-6-2/h7-10,21H,5-6,11-12H2,1-4H3,(H,22,23). The van der Waals surface area contributed by atoms with Gasteiger partial charge >= 0.3 is 5.97 Å². The number of amides is 1. The molecule has 1 heterocycles. The van der Waals surface area contributed by atoms with Crippen LogP contribution in [0.25, 0.3) is 0 Å². The molecule has 2 rings (SSSR count). The number of aromatic amines is 1. The van der Waals surface area contributed by atoms with Crippen LogP contribution in [0.5, 0.6) is 5.75 Å². The number of H-pyrrole nitrogens is 1. The first kappa shape index (κ1) is 19.6. The summed E-state index contributed by atoms with van der Waals surface area (Å²) in [4.78, 5) is 27.4. The molecule has 0 aliphatic carbocycles. The minimum atomic E-state index is -0.366. The van der Waals surface area contributed by atoms with Crippen LogP contribution in [0.1, 0.15) is 47.6 Å². The number of para-hydroxylation sites is 2. The Bertz CT molecular complexity index is 780. The number of ether oxygens (including phenoxy) is 2. The van der Waals surface area contributed by atoms with E-state index < -0.39 is 0 Å². The summed E-state index contributed by atoms with van der Waals surface area (Å²) in [6.07, 6.45) is 0.846. The van der Waals surface area contributed by atoms with E-state index >= 15 is 0 Å². The van der Waals surface area contributed by atoms with Gasteiger partial charge in [0.2, 0.25) is 5.91 Å². The first-order valence-corrected chi connectivity index (χ1v) is 8.84. The van der Waals surface area contributed by atoms with Crippen molar-refractivity contribution in [3.63, 3.8) is 0 Å². The number of carbonyl (C=O) groups is 2. The first-order chi connectivity index (χ1) is 12.5. The predicted octanol–water partition coefficient (Wildman–Crippen LogP) is 3.78. The molecule has 0 radical (unpaired) electrons. The van der Waals surface area contributed by atoms with Crippen LogP contribution < -0.4 is 10.1 Å². The third kappa shape index (κ3) is 4.65. The lowest BCUT2D eigenvalue weighted by molar-refractivity contribution is -0.116. The summed E-state index contributed by atoms with van der Waals surface area (Å²) in [7, 11) is 0. The Balaban J connectivity index is 2.03. The molecule has 26 heavy (non-hydrogen) atoms. The second kappa shape index (κ2) is 9.08. The SMILES string of the molecule is CCOC(=O)c1[nH]c(C)c(CCC(=O)Nc2ccccc2OCC)c1C. The van der Waals surface area contributed by atoms with Gasteiger partial charge in [-0.2, -0.15) is 0 Å². The fraction of sp³-hybridized carbons (Fsp3) is 0.400. The van der Waals surface area contributed by atoms with E-state index in [-0.39, 0.29) is 11.9 Å². The molecule has 1 aromatic heterocycles. The van der Waals surface area contributed by atoms with Crippen molar-refractivity contribution in [2.24, 2.45) is 0 Å². The highest BCUT2D eigenvalue weighted by molar-refractivity contribution is 5.93. The number of hydrogen-bond acceptors (Lipinski definition) is 4. The normalized spacial score (nSPS) is 10.5. The summed E-state index contributed by atoms with van der Waals surface area (Å²) in [6.45, 7) is 8.30. The van der Waals surface area contributed by atoms with Gasteiger partial charge in [0.1, 0.15) is 11.4 Å². The Morgan fingerprint density at radius 3 is 2.54 bits per heavy atom. The van der Waals surface area contributed by atoms with Gasteiger partial charge in [-0.05, 0) is 57.4 Å². The van der Waals surface area contributed by atoms with Crippen LogP contribution in [-0.2, 0) is 16.0 Å². The number of aryl methyl sites for hydroxylation is 1. The summed E-state index contributed by atoms with van der Waals surface area (Å²) in [6, 6.07) is 7.36. The van der Waals surface area contributed by atoms with Crippen LogP contribution in [0.15, 0.2) is 24.3 Å². The summed E-state index contributed by atoms with van der Waals surface area (Å²) in [5.74, 6) is 0.186. The van der Waals surface area contributed by atoms with Crippen molar-refractivity contribution in [1.82, 2.24) is 4.98 Å². The molecule has 0 aliphatic rings. The Hall–Kier alpha value is -2.76. The van der Waals surface area contributed by atoms with Crippen molar-refractivity contribution in [2.45, 2.75) is 40.5 Å². The fourth-order valence-electron chi connectivity index (χ4n) is 2.87. The number of esters is 1. The van der Waals surface area contributed by atoms with Crippen molar-refractivity contribution in [2.75, 3.05) is 18.5 Å². The van der Waals surface area contributed by atoms with Crippen molar-refractivity contribution in [1.29, 1.82) is 0 Å². The molecule has 0 fully saturated rings. The second-order valence-electron chi connectivity index (χ2n) is 5.93. The van der Waals surface area contributed by atoms with E-state index in [0.29, 0.717) is 43.2 Å². The number of carbonyl (C=O) groups excluding carboxylic acids is 2. The molecular formula is C20H26N2O4. The van der Waals surface area contributed by atoms with E-state index in [4.69, 9.17) is 9.47 Å². The van der Waals surface area contributed by atoms with Gasteiger partial charge in [0.05, 0.1) is 18.9 Å². The van der Waals surface area contributed by atoms with Crippen molar-refractivity contribution >= 4 is 17.6 Å². The van der Waals surface area contributed by atoms with Crippen LogP contribution in [0.2, 0.25) is 0 Å². The van der Waals surface area contributed by atoms with Crippen molar-refractivity contribution in [3.05, 3.63) is 46.8 Å². The van der Waals surface area contributed by atoms with E-state index in [0.717, 1.165) is 16.8 Å². The molecule has 6 nitrogen and oxygen atoms in total. The minimum Gasteiger partial charge on any atom is -0.492 e. The summed E-state index contributed by atoms with van der Waals surface area (Å²) in [5.41, 5.74) is 3.81. The van der Waals surface area contributed by atoms with E-state index in [2.05, 4.69) is 10.3 Å². The second-order valence-corrected chi connectivity index (χ2v) is 5.93. The monoisotopic (exact) mass is 358 g/mol.